The van der Waals surface area contributed by atoms with E-state index in [1.165, 1.54) is 28.0 Å². The molecule has 0 saturated heterocycles. The molecule has 0 spiro atoms. The highest BCUT2D eigenvalue weighted by Crippen LogP contribution is 2.37. The van der Waals surface area contributed by atoms with Crippen LogP contribution in [0.1, 0.15) is 50.4 Å². The zero-order valence-corrected chi connectivity index (χ0v) is 29.7. The van der Waals surface area contributed by atoms with Crippen LogP contribution in [0.25, 0.3) is 6.08 Å². The molecule has 0 saturated carbocycles. The van der Waals surface area contributed by atoms with E-state index in [4.69, 9.17) is 18.9 Å². The van der Waals surface area contributed by atoms with Crippen molar-refractivity contribution in [3.8, 4) is 17.2 Å². The van der Waals surface area contributed by atoms with Crippen LogP contribution in [0.3, 0.4) is 0 Å². The third-order valence-electron chi connectivity index (χ3n) is 7.00. The molecule has 0 N–H and O–H groups in total. The second kappa shape index (κ2) is 14.4. The molecular weight excluding hydrogens is 743 g/mol. The van der Waals surface area contributed by atoms with Gasteiger partial charge in [0.15, 0.2) is 16.3 Å². The number of fused-ring (bicyclic) bond motifs is 1. The van der Waals surface area contributed by atoms with E-state index in [1.54, 1.807) is 51.3 Å². The molecule has 5 rings (SSSR count). The van der Waals surface area contributed by atoms with Crippen LogP contribution in [0.2, 0.25) is 0 Å². The quantitative estimate of drug-likeness (QED) is 0.164. The standard InChI is InChI=1S/C34H31Br2FN2O6S/c1-6-43-33(41)29-19(4)38-34-39(30(29)22-9-12-26(45-18(2)3)27(16-22)42-5)32(40)28(46-34)15-21-13-24(35)31(25(36)14-21)44-17-20-7-10-23(37)11-8-20/h7-16,18,30H,6,17H2,1-5H3/b28-15-/t30-/m1/s1. The van der Waals surface area contributed by atoms with Crippen molar-refractivity contribution in [1.82, 2.24) is 4.57 Å². The first-order valence-corrected chi connectivity index (χ1v) is 16.8. The van der Waals surface area contributed by atoms with Crippen LogP contribution in [0, 0.1) is 5.82 Å². The summed E-state index contributed by atoms with van der Waals surface area (Å²) < 4.78 is 39.5. The minimum Gasteiger partial charge on any atom is -0.493 e. The predicted octanol–water partition coefficient (Wildman–Crippen LogP) is 6.84. The van der Waals surface area contributed by atoms with Gasteiger partial charge in [-0.15, -0.1) is 0 Å². The zero-order chi connectivity index (χ0) is 33.1. The van der Waals surface area contributed by atoms with Crippen molar-refractivity contribution in [2.75, 3.05) is 13.7 Å². The minimum atomic E-state index is -0.805. The number of hydrogen-bond donors (Lipinski definition) is 0. The lowest BCUT2D eigenvalue weighted by atomic mass is 9.95. The predicted molar refractivity (Wildman–Crippen MR) is 182 cm³/mol. The Kier molecular flexibility index (Phi) is 10.5. The molecule has 0 amide bonds. The van der Waals surface area contributed by atoms with E-state index in [0.717, 1.165) is 11.1 Å². The summed E-state index contributed by atoms with van der Waals surface area (Å²) in [7, 11) is 1.54. The molecule has 46 heavy (non-hydrogen) atoms. The summed E-state index contributed by atoms with van der Waals surface area (Å²) >= 11 is 8.38. The van der Waals surface area contributed by atoms with Gasteiger partial charge < -0.3 is 18.9 Å². The van der Waals surface area contributed by atoms with Gasteiger partial charge >= 0.3 is 5.97 Å². The van der Waals surface area contributed by atoms with Crippen LogP contribution in [-0.2, 0) is 16.1 Å². The molecule has 8 nitrogen and oxygen atoms in total. The topological polar surface area (TPSA) is 88.4 Å². The molecule has 1 atom stereocenters. The average Bonchev–Trinajstić information content (AvgIpc) is 3.30. The molecule has 0 unspecified atom stereocenters. The Morgan fingerprint density at radius 2 is 1.78 bits per heavy atom. The van der Waals surface area contributed by atoms with Gasteiger partial charge in [0.25, 0.3) is 5.56 Å². The summed E-state index contributed by atoms with van der Waals surface area (Å²) in [5.74, 6) is 0.731. The molecule has 1 aliphatic heterocycles. The number of aromatic nitrogens is 1. The van der Waals surface area contributed by atoms with E-state index < -0.39 is 12.0 Å². The van der Waals surface area contributed by atoms with Crippen LogP contribution >= 0.6 is 43.2 Å². The number of hydrogen-bond acceptors (Lipinski definition) is 8. The van der Waals surface area contributed by atoms with Gasteiger partial charge in [-0.05, 0) is 119 Å². The molecule has 0 aliphatic carbocycles. The fourth-order valence-corrected chi connectivity index (χ4v) is 7.50. The molecule has 0 bridgehead atoms. The van der Waals surface area contributed by atoms with Crippen molar-refractivity contribution in [3.63, 3.8) is 0 Å². The number of halogens is 3. The number of nitrogens with zero attached hydrogens (tertiary/aromatic N) is 2. The normalized spacial score (nSPS) is 14.6. The fraction of sp³-hybridized carbons (Fsp3) is 0.265. The minimum absolute atomic E-state index is 0.0786. The van der Waals surface area contributed by atoms with Crippen LogP contribution in [0.15, 0.2) is 84.6 Å². The van der Waals surface area contributed by atoms with Gasteiger partial charge in [0.1, 0.15) is 18.2 Å². The third kappa shape index (κ3) is 7.13. The molecule has 4 aromatic rings. The number of esters is 1. The van der Waals surface area contributed by atoms with Crippen molar-refractivity contribution in [1.29, 1.82) is 0 Å². The maximum absolute atomic E-state index is 14.1. The highest BCUT2D eigenvalue weighted by Gasteiger charge is 2.34. The Morgan fingerprint density at radius 3 is 2.41 bits per heavy atom. The summed E-state index contributed by atoms with van der Waals surface area (Å²) in [5.41, 5.74) is 2.61. The monoisotopic (exact) mass is 772 g/mol. The largest absolute Gasteiger partial charge is 0.493 e. The SMILES string of the molecule is CCOC(=O)C1=C(C)N=c2s/c(=C\c3cc(Br)c(OCc4ccc(F)cc4)c(Br)c3)c(=O)n2[C@@H]1c1ccc(OC(C)C)c(OC)c1. The number of thiazole rings is 1. The summed E-state index contributed by atoms with van der Waals surface area (Å²) in [5, 5.41) is 0. The number of ether oxygens (including phenoxy) is 4. The number of carbonyl (C=O) groups excluding carboxylic acids is 1. The highest BCUT2D eigenvalue weighted by molar-refractivity contribution is 9.11. The summed E-state index contributed by atoms with van der Waals surface area (Å²) in [4.78, 5) is 32.5. The van der Waals surface area contributed by atoms with Gasteiger partial charge in [-0.3, -0.25) is 9.36 Å². The molecule has 240 valence electrons. The lowest BCUT2D eigenvalue weighted by Crippen LogP contribution is -2.40. The molecule has 12 heteroatoms. The lowest BCUT2D eigenvalue weighted by Gasteiger charge is -2.25. The summed E-state index contributed by atoms with van der Waals surface area (Å²) in [6, 6.07) is 14.3. The van der Waals surface area contributed by atoms with Crippen molar-refractivity contribution < 1.29 is 28.1 Å². The van der Waals surface area contributed by atoms with Gasteiger partial charge in [0.05, 0.1) is 50.6 Å². The van der Waals surface area contributed by atoms with E-state index in [-0.39, 0.29) is 36.3 Å². The first kappa shape index (κ1) is 33.6. The molecule has 1 aliphatic rings. The van der Waals surface area contributed by atoms with Gasteiger partial charge in [-0.2, -0.15) is 0 Å². The second-order valence-electron chi connectivity index (χ2n) is 10.6. The molecule has 0 radical (unpaired) electrons. The summed E-state index contributed by atoms with van der Waals surface area (Å²) in [6.07, 6.45) is 1.69. The second-order valence-corrected chi connectivity index (χ2v) is 13.3. The van der Waals surface area contributed by atoms with Crippen LogP contribution < -0.4 is 29.1 Å². The van der Waals surface area contributed by atoms with E-state index in [1.807, 2.05) is 32.0 Å². The molecular formula is C34H31Br2FN2O6S. The van der Waals surface area contributed by atoms with Gasteiger partial charge in [0, 0.05) is 0 Å². The Hall–Kier alpha value is -3.74. The van der Waals surface area contributed by atoms with Crippen molar-refractivity contribution in [2.24, 2.45) is 4.99 Å². The Morgan fingerprint density at radius 1 is 1.09 bits per heavy atom. The van der Waals surface area contributed by atoms with E-state index in [9.17, 15) is 14.0 Å². The molecule has 2 heterocycles. The van der Waals surface area contributed by atoms with E-state index >= 15 is 0 Å². The number of allylic oxidation sites excluding steroid dienone is 1. The summed E-state index contributed by atoms with van der Waals surface area (Å²) in [6.45, 7) is 7.72. The number of carbonyl (C=O) groups is 1. The van der Waals surface area contributed by atoms with Gasteiger partial charge in [-0.25, -0.2) is 14.2 Å². The first-order chi connectivity index (χ1) is 22.0. The van der Waals surface area contributed by atoms with Crippen LogP contribution in [0.4, 0.5) is 4.39 Å². The van der Waals surface area contributed by atoms with Gasteiger partial charge in [0.2, 0.25) is 0 Å². The maximum atomic E-state index is 14.1. The Bertz CT molecular complexity index is 1980. The lowest BCUT2D eigenvalue weighted by molar-refractivity contribution is -0.139. The van der Waals surface area contributed by atoms with Crippen LogP contribution in [-0.4, -0.2) is 30.4 Å². The fourth-order valence-electron chi connectivity index (χ4n) is 5.00. The molecule has 1 aromatic heterocycles. The Balaban J connectivity index is 1.57. The van der Waals surface area contributed by atoms with Crippen molar-refractivity contribution in [2.45, 2.75) is 46.4 Å². The maximum Gasteiger partial charge on any atom is 0.338 e. The number of methoxy groups -OCH3 is 1. The zero-order valence-electron chi connectivity index (χ0n) is 25.7. The number of benzene rings is 3. The first-order valence-electron chi connectivity index (χ1n) is 14.4. The van der Waals surface area contributed by atoms with Crippen LogP contribution in [0.5, 0.6) is 17.2 Å². The Labute approximate surface area is 286 Å². The van der Waals surface area contributed by atoms with Crippen molar-refractivity contribution in [3.05, 3.63) is 117 Å². The molecule has 0 fully saturated rings. The third-order valence-corrected chi connectivity index (χ3v) is 9.16. The van der Waals surface area contributed by atoms with Gasteiger partial charge in [-0.1, -0.05) is 29.5 Å². The number of rotatable bonds is 10. The van der Waals surface area contributed by atoms with Crippen molar-refractivity contribution >= 4 is 55.2 Å². The van der Waals surface area contributed by atoms with E-state index in [0.29, 0.717) is 46.8 Å². The van der Waals surface area contributed by atoms with E-state index in [2.05, 4.69) is 36.9 Å². The smallest absolute Gasteiger partial charge is 0.338 e. The average molecular weight is 775 g/mol. The highest BCUT2D eigenvalue weighted by atomic mass is 79.9. The molecule has 3 aromatic carbocycles.